The number of phenolic OH excluding ortho intramolecular Hbond substituents is 2. The predicted octanol–water partition coefficient (Wildman–Crippen LogP) is 2.41. The highest BCUT2D eigenvalue weighted by Gasteiger charge is 2.12. The Morgan fingerprint density at radius 2 is 1.78 bits per heavy atom. The lowest BCUT2D eigenvalue weighted by molar-refractivity contribution is 0.428. The molecule has 0 radical (unpaired) electrons. The molecule has 0 bridgehead atoms. The largest absolute Gasteiger partial charge is 0.508 e. The molecule has 90 valence electrons. The molecule has 6 nitrogen and oxygen atoms in total. The molecule has 0 aliphatic carbocycles. The van der Waals surface area contributed by atoms with Gasteiger partial charge in [0.25, 0.3) is 5.89 Å². The van der Waals surface area contributed by atoms with Crippen LogP contribution in [0, 0.1) is 0 Å². The molecule has 0 aliphatic rings. The van der Waals surface area contributed by atoms with Crippen LogP contribution in [0.15, 0.2) is 45.7 Å². The molecule has 0 saturated heterocycles. The van der Waals surface area contributed by atoms with Gasteiger partial charge in [-0.05, 0) is 18.2 Å². The number of nitrogens with zero attached hydrogens (tertiary/aromatic N) is 2. The van der Waals surface area contributed by atoms with Crippen molar-refractivity contribution in [2.24, 2.45) is 0 Å². The van der Waals surface area contributed by atoms with Crippen LogP contribution < -0.4 is 0 Å². The van der Waals surface area contributed by atoms with Gasteiger partial charge in [0.2, 0.25) is 5.82 Å². The monoisotopic (exact) mass is 244 g/mol. The maximum atomic E-state index is 9.38. The van der Waals surface area contributed by atoms with Crippen LogP contribution in [0.2, 0.25) is 0 Å². The maximum Gasteiger partial charge on any atom is 0.258 e. The van der Waals surface area contributed by atoms with Crippen LogP contribution in [-0.2, 0) is 0 Å². The van der Waals surface area contributed by atoms with Crippen LogP contribution in [-0.4, -0.2) is 20.4 Å². The predicted molar refractivity (Wildman–Crippen MR) is 60.8 cm³/mol. The van der Waals surface area contributed by atoms with Crippen molar-refractivity contribution in [2.45, 2.75) is 0 Å². The van der Waals surface area contributed by atoms with Gasteiger partial charge in [0, 0.05) is 11.6 Å². The minimum Gasteiger partial charge on any atom is -0.508 e. The van der Waals surface area contributed by atoms with Crippen molar-refractivity contribution in [1.29, 1.82) is 0 Å². The van der Waals surface area contributed by atoms with Crippen molar-refractivity contribution in [2.75, 3.05) is 0 Å². The normalized spacial score (nSPS) is 10.7. The van der Waals surface area contributed by atoms with Gasteiger partial charge in [-0.1, -0.05) is 5.16 Å². The summed E-state index contributed by atoms with van der Waals surface area (Å²) in [5.41, 5.74) is 1.13. The molecule has 6 heteroatoms. The number of benzene rings is 1. The van der Waals surface area contributed by atoms with Crippen molar-refractivity contribution in [1.82, 2.24) is 10.1 Å². The fraction of sp³-hybridized carbons (Fsp3) is 0. The Bertz CT molecular complexity index is 653. The van der Waals surface area contributed by atoms with Crippen molar-refractivity contribution in [3.63, 3.8) is 0 Å². The van der Waals surface area contributed by atoms with E-state index in [1.54, 1.807) is 6.07 Å². The number of hydrogen-bond donors (Lipinski definition) is 2. The van der Waals surface area contributed by atoms with E-state index in [0.717, 1.165) is 0 Å². The molecular weight excluding hydrogens is 236 g/mol. The first-order chi connectivity index (χ1) is 8.72. The molecule has 0 unspecified atom stereocenters. The topological polar surface area (TPSA) is 92.5 Å². The number of phenols is 2. The average molecular weight is 244 g/mol. The van der Waals surface area contributed by atoms with Crippen molar-refractivity contribution in [3.8, 4) is 34.3 Å². The number of aromatic hydroxyl groups is 2. The minimum absolute atomic E-state index is 0.0759. The lowest BCUT2D eigenvalue weighted by atomic mass is 10.2. The SMILES string of the molecule is Oc1cc(O)cc(-c2nc(-c3ccoc3)no2)c1. The molecule has 0 saturated carbocycles. The van der Waals surface area contributed by atoms with Crippen molar-refractivity contribution in [3.05, 3.63) is 36.8 Å². The molecule has 3 rings (SSSR count). The summed E-state index contributed by atoms with van der Waals surface area (Å²) in [4.78, 5) is 4.15. The maximum absolute atomic E-state index is 9.38. The minimum atomic E-state index is -0.0759. The zero-order valence-electron chi connectivity index (χ0n) is 9.07. The van der Waals surface area contributed by atoms with Gasteiger partial charge in [0.05, 0.1) is 11.8 Å². The first-order valence-electron chi connectivity index (χ1n) is 5.12. The summed E-state index contributed by atoms with van der Waals surface area (Å²) in [6.07, 6.45) is 3.00. The average Bonchev–Trinajstić information content (AvgIpc) is 2.99. The smallest absolute Gasteiger partial charge is 0.258 e. The van der Waals surface area contributed by atoms with Gasteiger partial charge in [-0.15, -0.1) is 0 Å². The lowest BCUT2D eigenvalue weighted by Gasteiger charge is -1.97. The van der Waals surface area contributed by atoms with Gasteiger partial charge in [-0.25, -0.2) is 0 Å². The van der Waals surface area contributed by atoms with E-state index >= 15 is 0 Å². The van der Waals surface area contributed by atoms with Gasteiger partial charge in [0.1, 0.15) is 17.8 Å². The quantitative estimate of drug-likeness (QED) is 0.719. The molecule has 0 atom stereocenters. The standard InChI is InChI=1S/C12H8N2O4/c15-9-3-8(4-10(16)5-9)12-13-11(14-18-12)7-1-2-17-6-7/h1-6,15-16H. The highest BCUT2D eigenvalue weighted by atomic mass is 16.5. The van der Waals surface area contributed by atoms with Crippen LogP contribution >= 0.6 is 0 Å². The Kier molecular flexibility index (Phi) is 2.26. The Morgan fingerprint density at radius 3 is 2.44 bits per heavy atom. The second-order valence-corrected chi connectivity index (χ2v) is 3.67. The molecule has 2 aromatic heterocycles. The van der Waals surface area contributed by atoms with Crippen LogP contribution in [0.5, 0.6) is 11.5 Å². The summed E-state index contributed by atoms with van der Waals surface area (Å²) < 4.78 is 9.98. The van der Waals surface area contributed by atoms with Crippen molar-refractivity contribution >= 4 is 0 Å². The summed E-state index contributed by atoms with van der Waals surface area (Å²) in [7, 11) is 0. The molecule has 1 aromatic carbocycles. The van der Waals surface area contributed by atoms with Crippen molar-refractivity contribution < 1.29 is 19.2 Å². The summed E-state index contributed by atoms with van der Waals surface area (Å²) in [5, 5.41) is 22.5. The van der Waals surface area contributed by atoms with E-state index in [2.05, 4.69) is 10.1 Å². The van der Waals surface area contributed by atoms with E-state index in [1.165, 1.54) is 30.7 Å². The summed E-state index contributed by atoms with van der Waals surface area (Å²) >= 11 is 0. The van der Waals surface area contributed by atoms with Gasteiger partial charge >= 0.3 is 0 Å². The molecule has 0 spiro atoms. The Labute approximate surface area is 101 Å². The first-order valence-corrected chi connectivity index (χ1v) is 5.12. The number of rotatable bonds is 2. The molecule has 2 heterocycles. The third-order valence-electron chi connectivity index (χ3n) is 2.35. The lowest BCUT2D eigenvalue weighted by Crippen LogP contribution is -1.79. The highest BCUT2D eigenvalue weighted by Crippen LogP contribution is 2.28. The van der Waals surface area contributed by atoms with E-state index in [0.29, 0.717) is 17.0 Å². The van der Waals surface area contributed by atoms with E-state index in [9.17, 15) is 10.2 Å². The zero-order valence-corrected chi connectivity index (χ0v) is 9.07. The van der Waals surface area contributed by atoms with Gasteiger partial charge < -0.3 is 19.2 Å². The molecule has 18 heavy (non-hydrogen) atoms. The van der Waals surface area contributed by atoms with E-state index in [1.807, 2.05) is 0 Å². The molecule has 0 amide bonds. The second kappa shape index (κ2) is 3.92. The van der Waals surface area contributed by atoms with E-state index < -0.39 is 0 Å². The molecular formula is C12H8N2O4. The third kappa shape index (κ3) is 1.80. The molecule has 3 aromatic rings. The van der Waals surface area contributed by atoms with Crippen LogP contribution in [0.1, 0.15) is 0 Å². The number of furan rings is 1. The summed E-state index contributed by atoms with van der Waals surface area (Å²) in [5.74, 6) is 0.431. The van der Waals surface area contributed by atoms with Crippen LogP contribution in [0.3, 0.4) is 0 Å². The fourth-order valence-electron chi connectivity index (χ4n) is 1.57. The zero-order chi connectivity index (χ0) is 12.5. The van der Waals surface area contributed by atoms with Gasteiger partial charge in [-0.3, -0.25) is 0 Å². The van der Waals surface area contributed by atoms with Crippen LogP contribution in [0.25, 0.3) is 22.8 Å². The fourth-order valence-corrected chi connectivity index (χ4v) is 1.57. The van der Waals surface area contributed by atoms with Gasteiger partial charge in [0.15, 0.2) is 0 Å². The molecule has 0 aliphatic heterocycles. The summed E-state index contributed by atoms with van der Waals surface area (Å²) in [6, 6.07) is 5.77. The van der Waals surface area contributed by atoms with Crippen LogP contribution in [0.4, 0.5) is 0 Å². The highest BCUT2D eigenvalue weighted by molar-refractivity contribution is 5.62. The molecule has 2 N–H and O–H groups in total. The van der Waals surface area contributed by atoms with Gasteiger partial charge in [-0.2, -0.15) is 4.98 Å². The second-order valence-electron chi connectivity index (χ2n) is 3.67. The summed E-state index contributed by atoms with van der Waals surface area (Å²) in [6.45, 7) is 0. The van der Waals surface area contributed by atoms with E-state index in [4.69, 9.17) is 8.94 Å². The number of hydrogen-bond acceptors (Lipinski definition) is 6. The third-order valence-corrected chi connectivity index (χ3v) is 2.35. The molecule has 0 fully saturated rings. The Morgan fingerprint density at radius 1 is 1.00 bits per heavy atom. The number of aromatic nitrogens is 2. The Balaban J connectivity index is 2.03. The first kappa shape index (κ1) is 10.4. The Hall–Kier alpha value is -2.76. The van der Waals surface area contributed by atoms with E-state index in [-0.39, 0.29) is 17.4 Å².